The highest BCUT2D eigenvalue weighted by atomic mass is 35.5. The van der Waals surface area contributed by atoms with Crippen LogP contribution in [-0.4, -0.2) is 67.0 Å². The summed E-state index contributed by atoms with van der Waals surface area (Å²) in [6.07, 6.45) is 0. The number of hydrogen-bond donors (Lipinski definition) is 1. The van der Waals surface area contributed by atoms with Crippen molar-refractivity contribution < 1.29 is 24.2 Å². The molecular formula is C25H29ClN2O5. The fourth-order valence-corrected chi connectivity index (χ4v) is 3.99. The van der Waals surface area contributed by atoms with Crippen molar-refractivity contribution in [1.82, 2.24) is 9.80 Å². The normalized spacial score (nSPS) is 17.6. The van der Waals surface area contributed by atoms with E-state index in [9.17, 15) is 14.7 Å². The number of aliphatic hydroxyl groups is 1. The van der Waals surface area contributed by atoms with E-state index >= 15 is 0 Å². The second-order valence-electron chi connectivity index (χ2n) is 7.88. The van der Waals surface area contributed by atoms with E-state index in [-0.39, 0.29) is 11.3 Å². The molecule has 1 amide bonds. The number of carbonyl (C=O) groups excluding carboxylic acids is 2. The standard InChI is InChI=1S/C25H29ClN2O5/c1-5-32-18-10-7-16(8-11-18)22-21(24(30)25(31)28(22)14-13-27(3)4)23(29)17-9-12-20(33-6-2)19(26)15-17/h7-12,15,22,29H,5-6,13-14H2,1-4H3/b23-21+/t22-/m1/s1. The van der Waals surface area contributed by atoms with Gasteiger partial charge in [-0.2, -0.15) is 0 Å². The Morgan fingerprint density at radius 3 is 2.30 bits per heavy atom. The average Bonchev–Trinajstić information content (AvgIpc) is 3.04. The number of Topliss-reactive ketones (excluding diaryl/α,β-unsaturated/α-hetero) is 1. The first kappa shape index (κ1) is 24.6. The first-order chi connectivity index (χ1) is 15.8. The predicted octanol–water partition coefficient (Wildman–Crippen LogP) is 4.12. The Kier molecular flexibility index (Phi) is 8.00. The maximum Gasteiger partial charge on any atom is 0.295 e. The van der Waals surface area contributed by atoms with Crippen LogP contribution in [0.2, 0.25) is 5.02 Å². The van der Waals surface area contributed by atoms with E-state index in [0.717, 1.165) is 0 Å². The van der Waals surface area contributed by atoms with Crippen LogP contribution in [0.4, 0.5) is 0 Å². The number of hydrogen-bond acceptors (Lipinski definition) is 6. The Hall–Kier alpha value is -3.03. The Morgan fingerprint density at radius 2 is 1.73 bits per heavy atom. The lowest BCUT2D eigenvalue weighted by Crippen LogP contribution is -2.35. The fourth-order valence-electron chi connectivity index (χ4n) is 3.75. The van der Waals surface area contributed by atoms with Gasteiger partial charge in [-0.3, -0.25) is 9.59 Å². The highest BCUT2D eigenvalue weighted by Crippen LogP contribution is 2.40. The third kappa shape index (κ3) is 5.31. The molecule has 7 nitrogen and oxygen atoms in total. The third-order valence-electron chi connectivity index (χ3n) is 5.34. The third-order valence-corrected chi connectivity index (χ3v) is 5.64. The molecule has 0 spiro atoms. The number of amides is 1. The van der Waals surface area contributed by atoms with Crippen LogP contribution in [0.1, 0.15) is 31.0 Å². The van der Waals surface area contributed by atoms with Gasteiger partial charge in [0.1, 0.15) is 17.3 Å². The molecule has 176 valence electrons. The maximum atomic E-state index is 13.1. The average molecular weight is 473 g/mol. The van der Waals surface area contributed by atoms with Gasteiger partial charge in [0.05, 0.1) is 29.9 Å². The molecule has 2 aromatic rings. The fraction of sp³-hybridized carbons (Fsp3) is 0.360. The second kappa shape index (κ2) is 10.7. The molecule has 0 unspecified atom stereocenters. The Morgan fingerprint density at radius 1 is 1.06 bits per heavy atom. The molecule has 0 radical (unpaired) electrons. The largest absolute Gasteiger partial charge is 0.507 e. The summed E-state index contributed by atoms with van der Waals surface area (Å²) in [4.78, 5) is 29.5. The summed E-state index contributed by atoms with van der Waals surface area (Å²) in [6.45, 7) is 5.60. The van der Waals surface area contributed by atoms with Crippen molar-refractivity contribution in [1.29, 1.82) is 0 Å². The van der Waals surface area contributed by atoms with E-state index in [4.69, 9.17) is 21.1 Å². The number of rotatable bonds is 9. The van der Waals surface area contributed by atoms with E-state index < -0.39 is 17.7 Å². The van der Waals surface area contributed by atoms with Gasteiger partial charge in [-0.05, 0) is 63.8 Å². The van der Waals surface area contributed by atoms with Crippen LogP contribution in [0, 0.1) is 0 Å². The Labute approximate surface area is 199 Å². The van der Waals surface area contributed by atoms with Crippen LogP contribution in [0.3, 0.4) is 0 Å². The van der Waals surface area contributed by atoms with Gasteiger partial charge in [-0.1, -0.05) is 23.7 Å². The molecule has 1 aliphatic heterocycles. The van der Waals surface area contributed by atoms with Crippen LogP contribution >= 0.6 is 11.6 Å². The van der Waals surface area contributed by atoms with Crippen molar-refractivity contribution in [2.75, 3.05) is 40.4 Å². The molecule has 0 saturated carbocycles. The molecule has 1 saturated heterocycles. The molecule has 1 aliphatic rings. The van der Waals surface area contributed by atoms with Gasteiger partial charge in [0.2, 0.25) is 0 Å². The van der Waals surface area contributed by atoms with Gasteiger partial charge in [0.25, 0.3) is 11.7 Å². The van der Waals surface area contributed by atoms with Crippen molar-refractivity contribution in [2.45, 2.75) is 19.9 Å². The zero-order valence-electron chi connectivity index (χ0n) is 19.3. The van der Waals surface area contributed by atoms with Crippen molar-refractivity contribution in [3.05, 3.63) is 64.2 Å². The van der Waals surface area contributed by atoms with E-state index in [1.165, 1.54) is 11.0 Å². The summed E-state index contributed by atoms with van der Waals surface area (Å²) < 4.78 is 11.0. The van der Waals surface area contributed by atoms with Gasteiger partial charge in [-0.25, -0.2) is 0 Å². The van der Waals surface area contributed by atoms with E-state index in [1.807, 2.05) is 45.0 Å². The van der Waals surface area contributed by atoms with Crippen LogP contribution in [0.5, 0.6) is 11.5 Å². The SMILES string of the molecule is CCOc1ccc([C@@H]2/C(=C(\O)c3ccc(OCC)c(Cl)c3)C(=O)C(=O)N2CCN(C)C)cc1. The first-order valence-electron chi connectivity index (χ1n) is 10.9. The molecule has 3 rings (SSSR count). The summed E-state index contributed by atoms with van der Waals surface area (Å²) >= 11 is 6.30. The first-order valence-corrected chi connectivity index (χ1v) is 11.2. The number of ether oxygens (including phenoxy) is 2. The lowest BCUT2D eigenvalue weighted by atomic mass is 9.95. The molecule has 0 bridgehead atoms. The lowest BCUT2D eigenvalue weighted by Gasteiger charge is -2.26. The summed E-state index contributed by atoms with van der Waals surface area (Å²) in [5.41, 5.74) is 1.07. The molecule has 0 aromatic heterocycles. The van der Waals surface area contributed by atoms with Gasteiger partial charge in [0.15, 0.2) is 0 Å². The molecule has 1 atom stereocenters. The van der Waals surface area contributed by atoms with Crippen molar-refractivity contribution in [3.63, 3.8) is 0 Å². The lowest BCUT2D eigenvalue weighted by molar-refractivity contribution is -0.140. The molecular weight excluding hydrogens is 444 g/mol. The zero-order valence-corrected chi connectivity index (χ0v) is 20.1. The number of likely N-dealkylation sites (tertiary alicyclic amines) is 1. The van der Waals surface area contributed by atoms with E-state index in [2.05, 4.69) is 0 Å². The highest BCUT2D eigenvalue weighted by molar-refractivity contribution is 6.46. The van der Waals surface area contributed by atoms with Gasteiger partial charge < -0.3 is 24.4 Å². The quantitative estimate of drug-likeness (QED) is 0.336. The van der Waals surface area contributed by atoms with E-state index in [1.54, 1.807) is 24.3 Å². The summed E-state index contributed by atoms with van der Waals surface area (Å²) in [7, 11) is 3.79. The number of aliphatic hydroxyl groups excluding tert-OH is 1. The minimum Gasteiger partial charge on any atom is -0.507 e. The number of likely N-dealkylation sites (N-methyl/N-ethyl adjacent to an activating group) is 1. The second-order valence-corrected chi connectivity index (χ2v) is 8.28. The van der Waals surface area contributed by atoms with Crippen molar-refractivity contribution >= 4 is 29.1 Å². The van der Waals surface area contributed by atoms with E-state index in [0.29, 0.717) is 54.0 Å². The van der Waals surface area contributed by atoms with Gasteiger partial charge >= 0.3 is 0 Å². The van der Waals surface area contributed by atoms with Gasteiger partial charge in [-0.15, -0.1) is 0 Å². The van der Waals surface area contributed by atoms with Crippen LogP contribution in [0.15, 0.2) is 48.0 Å². The summed E-state index contributed by atoms with van der Waals surface area (Å²) in [5, 5.41) is 11.5. The number of benzene rings is 2. The Bertz CT molecular complexity index is 1050. The van der Waals surface area contributed by atoms with Crippen LogP contribution in [-0.2, 0) is 9.59 Å². The summed E-state index contributed by atoms with van der Waals surface area (Å²) in [5.74, 6) is -0.482. The number of carbonyl (C=O) groups is 2. The molecule has 1 fully saturated rings. The monoisotopic (exact) mass is 472 g/mol. The van der Waals surface area contributed by atoms with Crippen molar-refractivity contribution in [2.24, 2.45) is 0 Å². The molecule has 0 aliphatic carbocycles. The van der Waals surface area contributed by atoms with Crippen molar-refractivity contribution in [3.8, 4) is 11.5 Å². The maximum absolute atomic E-state index is 13.1. The predicted molar refractivity (Wildman–Crippen MR) is 128 cm³/mol. The smallest absolute Gasteiger partial charge is 0.295 e. The number of nitrogens with zero attached hydrogens (tertiary/aromatic N) is 2. The Balaban J connectivity index is 2.10. The summed E-state index contributed by atoms with van der Waals surface area (Å²) in [6, 6.07) is 11.3. The topological polar surface area (TPSA) is 79.3 Å². The van der Waals surface area contributed by atoms with Gasteiger partial charge in [0, 0.05) is 18.7 Å². The molecule has 8 heteroatoms. The highest BCUT2D eigenvalue weighted by Gasteiger charge is 2.45. The number of ketones is 1. The van der Waals surface area contributed by atoms with Crippen LogP contribution in [0.25, 0.3) is 5.76 Å². The molecule has 1 heterocycles. The molecule has 2 aromatic carbocycles. The minimum absolute atomic E-state index is 0.0307. The molecule has 1 N–H and O–H groups in total. The molecule has 33 heavy (non-hydrogen) atoms. The number of halogens is 1. The van der Waals surface area contributed by atoms with Crippen LogP contribution < -0.4 is 9.47 Å². The zero-order chi connectivity index (χ0) is 24.1. The minimum atomic E-state index is -0.731.